The van der Waals surface area contributed by atoms with Crippen LogP contribution in [0.25, 0.3) is 0 Å². The van der Waals surface area contributed by atoms with Gasteiger partial charge >= 0.3 is 0 Å². The van der Waals surface area contributed by atoms with E-state index in [4.69, 9.17) is 10.5 Å². The second kappa shape index (κ2) is 7.38. The van der Waals surface area contributed by atoms with Gasteiger partial charge in [0.05, 0.1) is 9.83 Å². The lowest BCUT2D eigenvalue weighted by Gasteiger charge is -2.26. The Morgan fingerprint density at radius 2 is 2.26 bits per heavy atom. The van der Waals surface area contributed by atoms with Crippen LogP contribution >= 0.6 is 27.3 Å². The van der Waals surface area contributed by atoms with Gasteiger partial charge < -0.3 is 15.8 Å². The number of thiophene rings is 1. The van der Waals surface area contributed by atoms with Crippen LogP contribution in [-0.2, 0) is 16.0 Å². The highest BCUT2D eigenvalue weighted by Crippen LogP contribution is 2.22. The van der Waals surface area contributed by atoms with Crippen molar-refractivity contribution in [2.24, 2.45) is 11.7 Å². The van der Waals surface area contributed by atoms with Crippen molar-refractivity contribution < 1.29 is 9.53 Å². The molecule has 1 unspecified atom stereocenters. The van der Waals surface area contributed by atoms with Crippen LogP contribution in [0, 0.1) is 5.92 Å². The van der Waals surface area contributed by atoms with E-state index in [0.717, 1.165) is 36.3 Å². The van der Waals surface area contributed by atoms with Crippen LogP contribution in [0.5, 0.6) is 0 Å². The molecule has 1 aromatic heterocycles. The van der Waals surface area contributed by atoms with Crippen molar-refractivity contribution in [3.63, 3.8) is 0 Å². The monoisotopic (exact) mass is 346 g/mol. The van der Waals surface area contributed by atoms with Crippen molar-refractivity contribution in [1.82, 2.24) is 5.32 Å². The molecule has 2 rings (SSSR count). The lowest BCUT2D eigenvalue weighted by molar-refractivity contribution is -0.124. The van der Waals surface area contributed by atoms with E-state index in [1.54, 1.807) is 11.3 Å². The van der Waals surface area contributed by atoms with E-state index in [2.05, 4.69) is 27.3 Å². The lowest BCUT2D eigenvalue weighted by atomic mass is 9.92. The van der Waals surface area contributed by atoms with E-state index in [1.165, 1.54) is 4.88 Å². The molecule has 1 saturated heterocycles. The van der Waals surface area contributed by atoms with Gasteiger partial charge in [0.1, 0.15) is 0 Å². The number of ether oxygens (including phenoxy) is 1. The Morgan fingerprint density at radius 3 is 2.89 bits per heavy atom. The number of rotatable bonds is 5. The second-order valence-corrected chi connectivity index (χ2v) is 7.27. The third-order valence-electron chi connectivity index (χ3n) is 3.38. The minimum Gasteiger partial charge on any atom is -0.381 e. The predicted molar refractivity (Wildman–Crippen MR) is 80.3 cm³/mol. The topological polar surface area (TPSA) is 64.4 Å². The molecule has 1 aliphatic heterocycles. The highest BCUT2D eigenvalue weighted by atomic mass is 79.9. The summed E-state index contributed by atoms with van der Waals surface area (Å²) in [5.74, 6) is 0.215. The highest BCUT2D eigenvalue weighted by molar-refractivity contribution is 9.11. The molecule has 0 spiro atoms. The molecular weight excluding hydrogens is 328 g/mol. The molecule has 3 N–H and O–H groups in total. The highest BCUT2D eigenvalue weighted by Gasteiger charge is 2.26. The van der Waals surface area contributed by atoms with Gasteiger partial charge in [0.2, 0.25) is 5.91 Å². The summed E-state index contributed by atoms with van der Waals surface area (Å²) in [5.41, 5.74) is 6.00. The van der Waals surface area contributed by atoms with E-state index in [1.807, 2.05) is 6.07 Å². The first kappa shape index (κ1) is 15.0. The molecule has 0 saturated carbocycles. The molecule has 2 heterocycles. The molecule has 1 aliphatic rings. The zero-order valence-electron chi connectivity index (χ0n) is 10.7. The second-order valence-electron chi connectivity index (χ2n) is 4.72. The summed E-state index contributed by atoms with van der Waals surface area (Å²) >= 11 is 5.12. The Bertz CT molecular complexity index is 419. The number of nitrogens with one attached hydrogen (secondary N) is 1. The van der Waals surface area contributed by atoms with E-state index in [9.17, 15) is 4.79 Å². The molecular formula is C13H19BrN2O2S. The first-order valence-electron chi connectivity index (χ1n) is 6.52. The van der Waals surface area contributed by atoms with Gasteiger partial charge in [-0.3, -0.25) is 4.79 Å². The third-order valence-corrected chi connectivity index (χ3v) is 5.06. The average molecular weight is 347 g/mol. The molecule has 106 valence electrons. The first-order chi connectivity index (χ1) is 9.16. The molecule has 0 aliphatic carbocycles. The van der Waals surface area contributed by atoms with Gasteiger partial charge in [0.15, 0.2) is 0 Å². The SMILES string of the molecule is NC(C(=O)NCCc1ccc(Br)s1)C1CCOCC1. The smallest absolute Gasteiger partial charge is 0.237 e. The normalized spacial score (nSPS) is 18.2. The number of hydrogen-bond acceptors (Lipinski definition) is 4. The predicted octanol–water partition coefficient (Wildman–Crippen LogP) is 1.92. The van der Waals surface area contributed by atoms with E-state index < -0.39 is 6.04 Å². The molecule has 1 fully saturated rings. The zero-order valence-corrected chi connectivity index (χ0v) is 13.1. The molecule has 4 nitrogen and oxygen atoms in total. The number of nitrogens with two attached hydrogens (primary N) is 1. The molecule has 0 bridgehead atoms. The molecule has 0 radical (unpaired) electrons. The largest absolute Gasteiger partial charge is 0.381 e. The van der Waals surface area contributed by atoms with E-state index >= 15 is 0 Å². The van der Waals surface area contributed by atoms with Crippen molar-refractivity contribution >= 4 is 33.2 Å². The van der Waals surface area contributed by atoms with Gasteiger partial charge in [-0.25, -0.2) is 0 Å². The summed E-state index contributed by atoms with van der Waals surface area (Å²) in [7, 11) is 0. The summed E-state index contributed by atoms with van der Waals surface area (Å²) in [6.45, 7) is 2.08. The van der Waals surface area contributed by atoms with Gasteiger partial charge in [0.25, 0.3) is 0 Å². The van der Waals surface area contributed by atoms with E-state index in [-0.39, 0.29) is 11.8 Å². The van der Waals surface area contributed by atoms with Gasteiger partial charge in [-0.05, 0) is 53.2 Å². The number of carbonyl (C=O) groups is 1. The fourth-order valence-electron chi connectivity index (χ4n) is 2.20. The van der Waals surface area contributed by atoms with Crippen LogP contribution < -0.4 is 11.1 Å². The van der Waals surface area contributed by atoms with Crippen molar-refractivity contribution in [1.29, 1.82) is 0 Å². The van der Waals surface area contributed by atoms with Crippen LogP contribution in [0.4, 0.5) is 0 Å². The van der Waals surface area contributed by atoms with Crippen molar-refractivity contribution in [3.05, 3.63) is 20.8 Å². The van der Waals surface area contributed by atoms with Crippen LogP contribution in [0.15, 0.2) is 15.9 Å². The van der Waals surface area contributed by atoms with Gasteiger partial charge in [-0.15, -0.1) is 11.3 Å². The van der Waals surface area contributed by atoms with Crippen LogP contribution in [0.1, 0.15) is 17.7 Å². The molecule has 1 atom stereocenters. The fourth-order valence-corrected chi connectivity index (χ4v) is 3.68. The molecule has 6 heteroatoms. The average Bonchev–Trinajstić information content (AvgIpc) is 2.84. The van der Waals surface area contributed by atoms with Crippen LogP contribution in [0.3, 0.4) is 0 Å². The Hall–Kier alpha value is -0.430. The molecule has 0 aromatic carbocycles. The van der Waals surface area contributed by atoms with Gasteiger partial charge in [0, 0.05) is 24.6 Å². The Labute approximate surface area is 125 Å². The minimum absolute atomic E-state index is 0.0393. The third kappa shape index (κ3) is 4.56. The van der Waals surface area contributed by atoms with Gasteiger partial charge in [-0.1, -0.05) is 0 Å². The summed E-state index contributed by atoms with van der Waals surface area (Å²) in [6.07, 6.45) is 2.61. The first-order valence-corrected chi connectivity index (χ1v) is 8.13. The number of amides is 1. The van der Waals surface area contributed by atoms with Gasteiger partial charge in [-0.2, -0.15) is 0 Å². The van der Waals surface area contributed by atoms with Crippen molar-refractivity contribution in [2.45, 2.75) is 25.3 Å². The molecule has 1 aromatic rings. The van der Waals surface area contributed by atoms with Crippen LogP contribution in [0.2, 0.25) is 0 Å². The quantitative estimate of drug-likeness (QED) is 0.855. The fraction of sp³-hybridized carbons (Fsp3) is 0.615. The Balaban J connectivity index is 1.71. The summed E-state index contributed by atoms with van der Waals surface area (Å²) in [4.78, 5) is 13.2. The molecule has 1 amide bonds. The lowest BCUT2D eigenvalue weighted by Crippen LogP contribution is -2.47. The maximum Gasteiger partial charge on any atom is 0.237 e. The summed E-state index contributed by atoms with van der Waals surface area (Å²) < 4.78 is 6.40. The zero-order chi connectivity index (χ0) is 13.7. The number of carbonyl (C=O) groups excluding carboxylic acids is 1. The van der Waals surface area contributed by atoms with Crippen molar-refractivity contribution in [3.8, 4) is 0 Å². The summed E-state index contributed by atoms with van der Waals surface area (Å²) in [6, 6.07) is 3.69. The minimum atomic E-state index is -0.404. The Morgan fingerprint density at radius 1 is 1.53 bits per heavy atom. The Kier molecular flexibility index (Phi) is 5.81. The van der Waals surface area contributed by atoms with Crippen molar-refractivity contribution in [2.75, 3.05) is 19.8 Å². The maximum absolute atomic E-state index is 12.0. The summed E-state index contributed by atoms with van der Waals surface area (Å²) in [5, 5.41) is 2.92. The van der Waals surface area contributed by atoms with E-state index in [0.29, 0.717) is 6.54 Å². The maximum atomic E-state index is 12.0. The van der Waals surface area contributed by atoms with Crippen LogP contribution in [-0.4, -0.2) is 31.7 Å². The standard InChI is InChI=1S/C13H19BrN2O2S/c14-11-2-1-10(19-11)3-6-16-13(17)12(15)9-4-7-18-8-5-9/h1-2,9,12H,3-8,15H2,(H,16,17). The molecule has 19 heavy (non-hydrogen) atoms. The number of halogens is 1. The number of hydrogen-bond donors (Lipinski definition) is 2.